The lowest BCUT2D eigenvalue weighted by molar-refractivity contribution is 0.962. The van der Waals surface area contributed by atoms with Crippen LogP contribution in [0.3, 0.4) is 0 Å². The van der Waals surface area contributed by atoms with Gasteiger partial charge < -0.3 is 11.1 Å². The van der Waals surface area contributed by atoms with Crippen LogP contribution in [0.4, 0.5) is 11.6 Å². The van der Waals surface area contributed by atoms with Crippen molar-refractivity contribution < 1.29 is 0 Å². The highest BCUT2D eigenvalue weighted by Crippen LogP contribution is 2.07. The summed E-state index contributed by atoms with van der Waals surface area (Å²) in [4.78, 5) is 0. The van der Waals surface area contributed by atoms with E-state index >= 15 is 0 Å². The number of hydrogen-bond acceptors (Lipinski definition) is 5. The Morgan fingerprint density at radius 3 is 2.85 bits per heavy atom. The van der Waals surface area contributed by atoms with E-state index in [0.29, 0.717) is 11.1 Å². The summed E-state index contributed by atoms with van der Waals surface area (Å²) >= 11 is 1.81. The Kier molecular flexibility index (Phi) is 3.82. The van der Waals surface area contributed by atoms with Gasteiger partial charge in [-0.15, -0.1) is 10.2 Å². The lowest BCUT2D eigenvalue weighted by Crippen LogP contribution is -2.13. The Morgan fingerprint density at radius 1 is 1.54 bits per heavy atom. The SMILES string of the molecule is CSC(C)CNc1ccc(N)nn1. The van der Waals surface area contributed by atoms with Crippen molar-refractivity contribution in [3.63, 3.8) is 0 Å². The van der Waals surface area contributed by atoms with E-state index in [0.717, 1.165) is 12.4 Å². The summed E-state index contributed by atoms with van der Waals surface area (Å²) in [7, 11) is 0. The average Bonchev–Trinajstić information content (AvgIpc) is 2.16. The zero-order valence-electron chi connectivity index (χ0n) is 7.82. The molecule has 0 amide bonds. The third kappa shape index (κ3) is 3.50. The number of hydrogen-bond donors (Lipinski definition) is 2. The molecule has 5 heteroatoms. The lowest BCUT2D eigenvalue weighted by Gasteiger charge is -2.09. The molecular weight excluding hydrogens is 184 g/mol. The molecule has 0 radical (unpaired) electrons. The minimum atomic E-state index is 0.448. The van der Waals surface area contributed by atoms with E-state index in [1.54, 1.807) is 6.07 Å². The van der Waals surface area contributed by atoms with Crippen LogP contribution < -0.4 is 11.1 Å². The number of aromatic nitrogens is 2. The summed E-state index contributed by atoms with van der Waals surface area (Å²) in [5.74, 6) is 1.22. The summed E-state index contributed by atoms with van der Waals surface area (Å²) in [5, 5.41) is 11.4. The Balaban J connectivity index is 2.41. The van der Waals surface area contributed by atoms with E-state index in [1.165, 1.54) is 0 Å². The Bertz CT molecular complexity index is 249. The van der Waals surface area contributed by atoms with Crippen molar-refractivity contribution in [1.29, 1.82) is 0 Å². The standard InChI is InChI=1S/C8H14N4S/c1-6(13-2)5-10-8-4-3-7(9)11-12-8/h3-4,6H,5H2,1-2H3,(H2,9,11)(H,10,12). The molecule has 0 saturated carbocycles. The van der Waals surface area contributed by atoms with Gasteiger partial charge in [-0.1, -0.05) is 6.92 Å². The average molecular weight is 198 g/mol. The van der Waals surface area contributed by atoms with Crippen molar-refractivity contribution in [2.24, 2.45) is 0 Å². The minimum Gasteiger partial charge on any atom is -0.382 e. The molecule has 1 rings (SSSR count). The van der Waals surface area contributed by atoms with E-state index in [9.17, 15) is 0 Å². The van der Waals surface area contributed by atoms with Crippen molar-refractivity contribution in [3.8, 4) is 0 Å². The number of nitrogens with zero attached hydrogens (tertiary/aromatic N) is 2. The van der Waals surface area contributed by atoms with Gasteiger partial charge in [-0.2, -0.15) is 11.8 Å². The van der Waals surface area contributed by atoms with Crippen LogP contribution in [0.15, 0.2) is 12.1 Å². The van der Waals surface area contributed by atoms with Crippen LogP contribution in [0, 0.1) is 0 Å². The van der Waals surface area contributed by atoms with Gasteiger partial charge in [-0.05, 0) is 18.4 Å². The van der Waals surface area contributed by atoms with Gasteiger partial charge in [0.2, 0.25) is 0 Å². The first-order valence-corrected chi connectivity index (χ1v) is 5.37. The maximum Gasteiger partial charge on any atom is 0.148 e. The van der Waals surface area contributed by atoms with Gasteiger partial charge >= 0.3 is 0 Å². The Labute approximate surface area is 82.3 Å². The number of nitrogens with one attached hydrogen (secondary N) is 1. The molecule has 4 nitrogen and oxygen atoms in total. The number of thioether (sulfide) groups is 1. The van der Waals surface area contributed by atoms with Crippen LogP contribution in [-0.2, 0) is 0 Å². The first kappa shape index (κ1) is 10.1. The van der Waals surface area contributed by atoms with E-state index in [1.807, 2.05) is 17.8 Å². The van der Waals surface area contributed by atoms with Gasteiger partial charge in [0.15, 0.2) is 0 Å². The molecule has 1 atom stereocenters. The first-order valence-electron chi connectivity index (χ1n) is 4.08. The molecule has 1 aromatic rings. The van der Waals surface area contributed by atoms with E-state index in [4.69, 9.17) is 5.73 Å². The molecule has 0 fully saturated rings. The molecule has 0 bridgehead atoms. The summed E-state index contributed by atoms with van der Waals surface area (Å²) < 4.78 is 0. The highest BCUT2D eigenvalue weighted by Gasteiger charge is 1.99. The molecule has 13 heavy (non-hydrogen) atoms. The summed E-state index contributed by atoms with van der Waals surface area (Å²) in [6.07, 6.45) is 2.08. The fourth-order valence-corrected chi connectivity index (χ4v) is 1.02. The second-order valence-electron chi connectivity index (χ2n) is 2.77. The van der Waals surface area contributed by atoms with Crippen molar-refractivity contribution in [2.75, 3.05) is 23.9 Å². The molecule has 0 aliphatic rings. The summed E-state index contributed by atoms with van der Waals surface area (Å²) in [6, 6.07) is 3.56. The van der Waals surface area contributed by atoms with Gasteiger partial charge in [0, 0.05) is 11.8 Å². The molecule has 1 heterocycles. The third-order valence-corrected chi connectivity index (χ3v) is 2.63. The van der Waals surface area contributed by atoms with Crippen molar-refractivity contribution in [3.05, 3.63) is 12.1 Å². The summed E-state index contributed by atoms with van der Waals surface area (Å²) in [6.45, 7) is 3.04. The predicted octanol–water partition coefficient (Wildman–Crippen LogP) is 1.22. The molecular formula is C8H14N4S. The molecule has 72 valence electrons. The van der Waals surface area contributed by atoms with Crippen molar-refractivity contribution in [1.82, 2.24) is 10.2 Å². The zero-order chi connectivity index (χ0) is 9.68. The van der Waals surface area contributed by atoms with Crippen LogP contribution in [0.1, 0.15) is 6.92 Å². The zero-order valence-corrected chi connectivity index (χ0v) is 8.64. The fourth-order valence-electron chi connectivity index (χ4n) is 0.768. The summed E-state index contributed by atoms with van der Waals surface area (Å²) in [5.41, 5.74) is 5.40. The van der Waals surface area contributed by atoms with E-state index in [-0.39, 0.29) is 0 Å². The second-order valence-corrected chi connectivity index (χ2v) is 4.05. The first-order chi connectivity index (χ1) is 6.22. The molecule has 0 aliphatic heterocycles. The molecule has 0 saturated heterocycles. The highest BCUT2D eigenvalue weighted by atomic mass is 32.2. The predicted molar refractivity (Wildman–Crippen MR) is 57.9 cm³/mol. The van der Waals surface area contributed by atoms with Gasteiger partial charge in [-0.3, -0.25) is 0 Å². The minimum absolute atomic E-state index is 0.448. The third-order valence-electron chi connectivity index (χ3n) is 1.66. The van der Waals surface area contributed by atoms with Crippen molar-refractivity contribution >= 4 is 23.4 Å². The largest absolute Gasteiger partial charge is 0.382 e. The molecule has 3 N–H and O–H groups in total. The van der Waals surface area contributed by atoms with Crippen LogP contribution in [0.5, 0.6) is 0 Å². The number of nitrogen functional groups attached to an aromatic ring is 1. The topological polar surface area (TPSA) is 63.8 Å². The van der Waals surface area contributed by atoms with Crippen molar-refractivity contribution in [2.45, 2.75) is 12.2 Å². The van der Waals surface area contributed by atoms with Crippen LogP contribution in [0.2, 0.25) is 0 Å². The number of anilines is 2. The van der Waals surface area contributed by atoms with E-state index in [2.05, 4.69) is 28.7 Å². The van der Waals surface area contributed by atoms with Gasteiger partial charge in [0.1, 0.15) is 11.6 Å². The quantitative estimate of drug-likeness (QED) is 0.761. The fraction of sp³-hybridized carbons (Fsp3) is 0.500. The molecule has 0 aromatic carbocycles. The van der Waals surface area contributed by atoms with Gasteiger partial charge in [0.05, 0.1) is 0 Å². The van der Waals surface area contributed by atoms with Crippen LogP contribution in [0.25, 0.3) is 0 Å². The van der Waals surface area contributed by atoms with Gasteiger partial charge in [-0.25, -0.2) is 0 Å². The lowest BCUT2D eigenvalue weighted by atomic mass is 10.4. The molecule has 0 spiro atoms. The number of nitrogens with two attached hydrogens (primary N) is 1. The van der Waals surface area contributed by atoms with Gasteiger partial charge in [0.25, 0.3) is 0 Å². The molecule has 0 aliphatic carbocycles. The van der Waals surface area contributed by atoms with E-state index < -0.39 is 0 Å². The smallest absolute Gasteiger partial charge is 0.148 e. The maximum absolute atomic E-state index is 5.40. The highest BCUT2D eigenvalue weighted by molar-refractivity contribution is 7.99. The maximum atomic E-state index is 5.40. The Hall–Kier alpha value is -0.970. The monoisotopic (exact) mass is 198 g/mol. The number of rotatable bonds is 4. The second kappa shape index (κ2) is 4.91. The molecule has 1 unspecified atom stereocenters. The molecule has 1 aromatic heterocycles. The Morgan fingerprint density at radius 2 is 2.31 bits per heavy atom. The van der Waals surface area contributed by atoms with Crippen LogP contribution in [-0.4, -0.2) is 28.2 Å². The normalized spacial score (nSPS) is 12.5. The van der Waals surface area contributed by atoms with Crippen LogP contribution >= 0.6 is 11.8 Å².